The number of nitrogens with one attached hydrogen (secondary N) is 3. The highest BCUT2D eigenvalue weighted by molar-refractivity contribution is 8.01. The van der Waals surface area contributed by atoms with Gasteiger partial charge in [-0.1, -0.05) is 119 Å². The zero-order chi connectivity index (χ0) is 70.1. The number of nitrogens with two attached hydrogens (primary N) is 1. The van der Waals surface area contributed by atoms with Crippen molar-refractivity contribution in [1.29, 1.82) is 0 Å². The van der Waals surface area contributed by atoms with Crippen LogP contribution in [0, 0.1) is 47.3 Å². The molecule has 24 nitrogen and oxygen atoms in total. The first-order valence-corrected chi connectivity index (χ1v) is 34.1. The number of ketones is 4. The number of thioether (sulfide) groups is 1. The quantitative estimate of drug-likeness (QED) is 0.0223. The molecule has 0 spiro atoms. The van der Waals surface area contributed by atoms with Gasteiger partial charge in [0.25, 0.3) is 0 Å². The van der Waals surface area contributed by atoms with E-state index in [1.165, 1.54) is 49.9 Å². The zero-order valence-corrected chi connectivity index (χ0v) is 58.5. The molecule has 1 aromatic carbocycles. The van der Waals surface area contributed by atoms with Gasteiger partial charge in [0.2, 0.25) is 52.9 Å². The molecule has 3 rings (SSSR count). The van der Waals surface area contributed by atoms with Crippen LogP contribution < -0.4 is 21.7 Å². The second-order valence-corrected chi connectivity index (χ2v) is 28.3. The third kappa shape index (κ3) is 24.0. The molecule has 6 N–H and O–H groups in total. The van der Waals surface area contributed by atoms with E-state index in [1.54, 1.807) is 65.5 Å². The van der Waals surface area contributed by atoms with Crippen molar-refractivity contribution in [3.63, 3.8) is 0 Å². The van der Waals surface area contributed by atoms with Gasteiger partial charge in [0, 0.05) is 85.5 Å². The summed E-state index contributed by atoms with van der Waals surface area (Å²) >= 11 is 1.46. The molecule has 1 aromatic rings. The Morgan fingerprint density at radius 3 is 1.97 bits per heavy atom. The molecule has 93 heavy (non-hydrogen) atoms. The number of rotatable bonds is 43. The van der Waals surface area contributed by atoms with E-state index in [1.807, 2.05) is 45.9 Å². The number of imide groups is 1. The van der Waals surface area contributed by atoms with E-state index in [0.717, 1.165) is 10.5 Å². The average molecular weight is 1330 g/mol. The molecule has 9 amide bonds. The lowest BCUT2D eigenvalue weighted by molar-refractivity contribution is -0.155. The Morgan fingerprint density at radius 1 is 0.763 bits per heavy atom. The van der Waals surface area contributed by atoms with Crippen molar-refractivity contribution in [3.8, 4) is 0 Å². The molecule has 0 radical (unpaired) electrons. The van der Waals surface area contributed by atoms with Crippen molar-refractivity contribution < 1.29 is 76.9 Å². The number of aliphatic carboxylic acids is 1. The summed E-state index contributed by atoms with van der Waals surface area (Å²) in [6.45, 7) is 19.4. The Bertz CT molecular complexity index is 2730. The Morgan fingerprint density at radius 2 is 1.41 bits per heavy atom. The fraction of sp³-hybridized carbons (Fsp3) is 0.721. The molecule has 0 bridgehead atoms. The Hall–Kier alpha value is -6.60. The van der Waals surface area contributed by atoms with E-state index in [4.69, 9.17) is 15.2 Å². The molecular formula is C68H108N8O16S. The SMILES string of the molecule is CC[C@H](C)C([C@@H](CC(=O)N1CCC[C@H]1[C@H](OC)[C@@H](C)C(=O)CC(Cc1ccccc1)C(=O)O)OC)N(C)C(=O)[C@@H](C(=O)C(=O)[C@H](C(C)C)N(C)C(=O)CNC(=O)[C@H](CCCNC(N)=O)CC(=O)[C@@H](NC(=O)CCCCCN1C(=O)CC(SC(C)C)C1=O)C(C)C)C(C)C. The van der Waals surface area contributed by atoms with Gasteiger partial charge in [-0.2, -0.15) is 0 Å². The number of carbonyl (C=O) groups excluding carboxylic acids is 12. The van der Waals surface area contributed by atoms with E-state index < -0.39 is 131 Å². The largest absolute Gasteiger partial charge is 0.481 e. The standard InChI is InChI=1S/C68H108N8O16S/c1-16-43(10)60(51(91-14)36-54(80)75-32-24-28-48(75)63(92-15)44(11)49(77)35-47(67(88)89)33-45-25-19-17-20-26-45)74(13)66(87)57(39(2)3)61(83)62(84)59(41(6)7)73(12)56(82)38-71-64(85)46(27-23-30-70-68(69)90)34-50(78)58(40(4)5)72-53(79)29-21-18-22-31-76-55(81)37-52(65(76)86)93-42(8)9/h17,19-20,25-26,39-44,46-48,51-52,57-60,63H,16,18,21-24,27-38H2,1-15H3,(H,71,85)(H,72,79)(H,88,89)(H3,69,70,90)/t43-,44-,46+,47?,48-,51+,52?,57+,58-,59-,60?,63+/m0/s1. The van der Waals surface area contributed by atoms with Gasteiger partial charge in [-0.3, -0.25) is 62.4 Å². The number of hydrogen-bond acceptors (Lipinski definition) is 16. The van der Waals surface area contributed by atoms with Crippen LogP contribution in [0.2, 0.25) is 0 Å². The van der Waals surface area contributed by atoms with Crippen molar-refractivity contribution in [1.82, 2.24) is 35.6 Å². The van der Waals surface area contributed by atoms with Crippen molar-refractivity contribution >= 4 is 88.2 Å². The molecule has 25 heteroatoms. The van der Waals surface area contributed by atoms with E-state index in [2.05, 4.69) is 16.0 Å². The monoisotopic (exact) mass is 1320 g/mol. The van der Waals surface area contributed by atoms with Crippen LogP contribution in [-0.2, 0) is 73.4 Å². The van der Waals surface area contributed by atoms with Crippen LogP contribution in [0.1, 0.15) is 165 Å². The predicted molar refractivity (Wildman–Crippen MR) is 353 cm³/mol. The lowest BCUT2D eigenvalue weighted by atomic mass is 9.82. The lowest BCUT2D eigenvalue weighted by Gasteiger charge is -2.40. The number of ether oxygens (including phenoxy) is 2. The number of carboxylic acid groups (broad SMARTS) is 1. The second-order valence-electron chi connectivity index (χ2n) is 26.5. The minimum absolute atomic E-state index is 0.0609. The van der Waals surface area contributed by atoms with Crippen LogP contribution in [0.4, 0.5) is 4.79 Å². The number of likely N-dealkylation sites (tertiary alicyclic amines) is 2. The molecule has 0 aliphatic carbocycles. The summed E-state index contributed by atoms with van der Waals surface area (Å²) in [5, 5.41) is 17.7. The minimum Gasteiger partial charge on any atom is -0.481 e. The van der Waals surface area contributed by atoms with Crippen molar-refractivity contribution in [2.45, 2.75) is 213 Å². The molecule has 522 valence electrons. The number of benzene rings is 1. The van der Waals surface area contributed by atoms with Gasteiger partial charge < -0.3 is 51.0 Å². The van der Waals surface area contributed by atoms with E-state index in [9.17, 15) is 67.4 Å². The summed E-state index contributed by atoms with van der Waals surface area (Å²) < 4.78 is 12.0. The lowest BCUT2D eigenvalue weighted by Crippen LogP contribution is -2.57. The first kappa shape index (κ1) is 80.6. The van der Waals surface area contributed by atoms with E-state index in [0.29, 0.717) is 45.1 Å². The third-order valence-electron chi connectivity index (χ3n) is 18.2. The van der Waals surface area contributed by atoms with E-state index >= 15 is 0 Å². The molecule has 2 heterocycles. The number of nitrogens with zero attached hydrogens (tertiary/aromatic N) is 4. The fourth-order valence-corrected chi connectivity index (χ4v) is 14.0. The fourth-order valence-electron chi connectivity index (χ4n) is 12.8. The number of Topliss-reactive ketones (excluding diaryl/α,β-unsaturated/α-hetero) is 4. The number of carbonyl (C=O) groups is 13. The molecule has 0 aromatic heterocycles. The second kappa shape index (κ2) is 39.3. The first-order chi connectivity index (χ1) is 43.7. The van der Waals surface area contributed by atoms with Gasteiger partial charge in [-0.15, -0.1) is 11.8 Å². The topological polar surface area (TPSA) is 336 Å². The molecule has 2 saturated heterocycles. The normalized spacial score (nSPS) is 18.3. The molecule has 12 atom stereocenters. The summed E-state index contributed by atoms with van der Waals surface area (Å²) in [4.78, 5) is 182. The molecule has 2 aliphatic heterocycles. The Kier molecular flexibility index (Phi) is 34.1. The molecule has 3 unspecified atom stereocenters. The highest BCUT2D eigenvalue weighted by atomic mass is 32.2. The zero-order valence-electron chi connectivity index (χ0n) is 57.7. The van der Waals surface area contributed by atoms with Crippen LogP contribution in [0.25, 0.3) is 0 Å². The number of hydrogen-bond donors (Lipinski definition) is 5. The van der Waals surface area contributed by atoms with Gasteiger partial charge in [0.1, 0.15) is 17.7 Å². The molecular weight excluding hydrogens is 1220 g/mol. The maximum atomic E-state index is 14.9. The van der Waals surface area contributed by atoms with Crippen molar-refractivity contribution in [2.75, 3.05) is 54.5 Å². The molecule has 2 fully saturated rings. The maximum absolute atomic E-state index is 14.9. The van der Waals surface area contributed by atoms with Gasteiger partial charge in [-0.05, 0) is 79.4 Å². The summed E-state index contributed by atoms with van der Waals surface area (Å²) in [6, 6.07) is 4.57. The number of urea groups is 1. The van der Waals surface area contributed by atoms with Crippen LogP contribution >= 0.6 is 11.8 Å². The number of primary amides is 1. The maximum Gasteiger partial charge on any atom is 0.312 e. The summed E-state index contributed by atoms with van der Waals surface area (Å²) in [7, 11) is 5.70. The van der Waals surface area contributed by atoms with Gasteiger partial charge in [0.05, 0.1) is 54.5 Å². The van der Waals surface area contributed by atoms with Crippen molar-refractivity contribution in [2.24, 2.45) is 53.1 Å². The predicted octanol–water partition coefficient (Wildman–Crippen LogP) is 5.81. The number of unbranched alkanes of at least 4 members (excludes halogenated alkanes) is 2. The van der Waals surface area contributed by atoms with Crippen molar-refractivity contribution in [3.05, 3.63) is 35.9 Å². The average Bonchev–Trinajstić information content (AvgIpc) is 1.43. The molecule has 0 saturated carbocycles. The smallest absolute Gasteiger partial charge is 0.312 e. The number of carboxylic acids is 1. The summed E-state index contributed by atoms with van der Waals surface area (Å²) in [6.07, 6.45) is 1.36. The summed E-state index contributed by atoms with van der Waals surface area (Å²) in [5.74, 6) is -13.6. The Balaban J connectivity index is 1.74. The van der Waals surface area contributed by atoms with Gasteiger partial charge >= 0.3 is 12.0 Å². The van der Waals surface area contributed by atoms with Gasteiger partial charge in [-0.25, -0.2) is 4.79 Å². The number of likely N-dealkylation sites (N-methyl/N-ethyl adjacent to an activating group) is 2. The van der Waals surface area contributed by atoms with Gasteiger partial charge in [0.15, 0.2) is 5.78 Å². The van der Waals surface area contributed by atoms with Crippen LogP contribution in [-0.4, -0.2) is 203 Å². The third-order valence-corrected chi connectivity index (χ3v) is 19.4. The highest BCUT2D eigenvalue weighted by Gasteiger charge is 2.47. The summed E-state index contributed by atoms with van der Waals surface area (Å²) in [5.41, 5.74) is 6.05. The van der Waals surface area contributed by atoms with Crippen LogP contribution in [0.5, 0.6) is 0 Å². The highest BCUT2D eigenvalue weighted by Crippen LogP contribution is 2.33. The number of amides is 9. The Labute approximate surface area is 554 Å². The van der Waals surface area contributed by atoms with E-state index in [-0.39, 0.29) is 110 Å². The number of methoxy groups -OCH3 is 2. The first-order valence-electron chi connectivity index (χ1n) is 33.1. The van der Waals surface area contributed by atoms with Crippen LogP contribution in [0.15, 0.2) is 30.3 Å². The molecule has 2 aliphatic rings. The minimum atomic E-state index is -1.53. The van der Waals surface area contributed by atoms with Crippen LogP contribution in [0.3, 0.4) is 0 Å².